The van der Waals surface area contributed by atoms with Gasteiger partial charge in [-0.3, -0.25) is 4.79 Å². The van der Waals surface area contributed by atoms with Crippen LogP contribution in [0, 0.1) is 6.92 Å². The van der Waals surface area contributed by atoms with Crippen molar-refractivity contribution in [2.75, 3.05) is 6.61 Å². The van der Waals surface area contributed by atoms with E-state index < -0.39 is 0 Å². The van der Waals surface area contributed by atoms with Crippen LogP contribution >= 0.6 is 0 Å². The van der Waals surface area contributed by atoms with E-state index in [1.807, 2.05) is 61.5 Å². The van der Waals surface area contributed by atoms with Crippen molar-refractivity contribution in [1.82, 2.24) is 4.98 Å². The van der Waals surface area contributed by atoms with Crippen LogP contribution in [0.25, 0.3) is 22.0 Å². The van der Waals surface area contributed by atoms with Crippen molar-refractivity contribution < 1.29 is 9.53 Å². The molecule has 0 aliphatic heterocycles. The van der Waals surface area contributed by atoms with Crippen molar-refractivity contribution >= 4 is 16.7 Å². The van der Waals surface area contributed by atoms with Gasteiger partial charge in [0, 0.05) is 16.5 Å². The van der Waals surface area contributed by atoms with Crippen LogP contribution in [0.5, 0.6) is 5.75 Å². The Balaban J connectivity index is 1.86. The van der Waals surface area contributed by atoms with E-state index in [2.05, 4.69) is 19.1 Å². The molecular weight excluding hydrogens is 346 g/mol. The van der Waals surface area contributed by atoms with Gasteiger partial charge in [0.05, 0.1) is 12.1 Å². The lowest BCUT2D eigenvalue weighted by Gasteiger charge is -2.11. The Morgan fingerprint density at radius 3 is 2.39 bits per heavy atom. The number of hydrogen-bond acceptors (Lipinski definition) is 3. The molecule has 0 aliphatic rings. The minimum atomic E-state index is -0.0932. The number of rotatable bonds is 5. The number of pyridine rings is 1. The second-order valence-corrected chi connectivity index (χ2v) is 6.73. The van der Waals surface area contributed by atoms with Crippen LogP contribution in [0.1, 0.15) is 28.5 Å². The zero-order valence-electron chi connectivity index (χ0n) is 16.0. The fourth-order valence-electron chi connectivity index (χ4n) is 3.31. The molecule has 0 amide bonds. The van der Waals surface area contributed by atoms with Crippen LogP contribution < -0.4 is 4.74 Å². The zero-order chi connectivity index (χ0) is 19.5. The molecule has 4 rings (SSSR count). The van der Waals surface area contributed by atoms with E-state index in [1.54, 1.807) is 12.1 Å². The quantitative estimate of drug-likeness (QED) is 0.416. The van der Waals surface area contributed by atoms with Gasteiger partial charge in [-0.15, -0.1) is 0 Å². The van der Waals surface area contributed by atoms with Gasteiger partial charge >= 0.3 is 0 Å². The van der Waals surface area contributed by atoms with E-state index in [4.69, 9.17) is 9.72 Å². The molecule has 1 heterocycles. The standard InChI is InChI=1S/C25H21NO2/c1-3-28-21-12-10-19(11-13-21)25(27)24-22(18-7-5-4-6-8-18)16-20-15-17(2)9-14-23(20)26-24/h4-16H,3H2,1-2H3. The molecule has 0 fully saturated rings. The average Bonchev–Trinajstić information content (AvgIpc) is 2.74. The number of benzene rings is 3. The molecule has 0 spiro atoms. The second-order valence-electron chi connectivity index (χ2n) is 6.73. The molecule has 0 atom stereocenters. The molecule has 3 heteroatoms. The first-order chi connectivity index (χ1) is 13.7. The van der Waals surface area contributed by atoms with E-state index in [9.17, 15) is 4.79 Å². The van der Waals surface area contributed by atoms with Crippen LogP contribution in [0.4, 0.5) is 0 Å². The molecule has 4 aromatic rings. The van der Waals surface area contributed by atoms with Crippen molar-refractivity contribution in [3.05, 3.63) is 95.7 Å². The van der Waals surface area contributed by atoms with Crippen molar-refractivity contribution in [3.8, 4) is 16.9 Å². The predicted octanol–water partition coefficient (Wildman–Crippen LogP) is 5.84. The fraction of sp³-hybridized carbons (Fsp3) is 0.120. The molecule has 0 bridgehead atoms. The lowest BCUT2D eigenvalue weighted by molar-refractivity contribution is 0.103. The Morgan fingerprint density at radius 1 is 0.929 bits per heavy atom. The molecule has 0 radical (unpaired) electrons. The maximum atomic E-state index is 13.3. The third-order valence-electron chi connectivity index (χ3n) is 4.70. The van der Waals surface area contributed by atoms with Gasteiger partial charge in [0.25, 0.3) is 0 Å². The van der Waals surface area contributed by atoms with Crippen LogP contribution in [0.2, 0.25) is 0 Å². The highest BCUT2D eigenvalue weighted by Crippen LogP contribution is 2.29. The summed E-state index contributed by atoms with van der Waals surface area (Å²) >= 11 is 0. The number of ketones is 1. The number of fused-ring (bicyclic) bond motifs is 1. The normalized spacial score (nSPS) is 10.8. The summed E-state index contributed by atoms with van der Waals surface area (Å²) < 4.78 is 5.48. The third-order valence-corrected chi connectivity index (χ3v) is 4.70. The van der Waals surface area contributed by atoms with E-state index in [0.29, 0.717) is 17.9 Å². The highest BCUT2D eigenvalue weighted by Gasteiger charge is 2.18. The topological polar surface area (TPSA) is 39.2 Å². The molecular formula is C25H21NO2. The van der Waals surface area contributed by atoms with Gasteiger partial charge in [0.2, 0.25) is 5.78 Å². The SMILES string of the molecule is CCOc1ccc(C(=O)c2nc3ccc(C)cc3cc2-c2ccccc2)cc1. The zero-order valence-corrected chi connectivity index (χ0v) is 16.0. The minimum Gasteiger partial charge on any atom is -0.494 e. The first-order valence-corrected chi connectivity index (χ1v) is 9.40. The Labute approximate surface area is 164 Å². The van der Waals surface area contributed by atoms with Crippen molar-refractivity contribution in [1.29, 1.82) is 0 Å². The largest absolute Gasteiger partial charge is 0.494 e. The smallest absolute Gasteiger partial charge is 0.212 e. The molecule has 0 unspecified atom stereocenters. The molecule has 0 N–H and O–H groups in total. The summed E-state index contributed by atoms with van der Waals surface area (Å²) in [4.78, 5) is 18.1. The van der Waals surface area contributed by atoms with Crippen LogP contribution in [0.15, 0.2) is 78.9 Å². The van der Waals surface area contributed by atoms with Gasteiger partial charge in [0.1, 0.15) is 11.4 Å². The summed E-state index contributed by atoms with van der Waals surface area (Å²) in [5.74, 6) is 0.661. The summed E-state index contributed by atoms with van der Waals surface area (Å²) in [6, 6.07) is 25.3. The number of hydrogen-bond donors (Lipinski definition) is 0. The van der Waals surface area contributed by atoms with E-state index in [0.717, 1.165) is 27.8 Å². The first-order valence-electron chi connectivity index (χ1n) is 9.40. The summed E-state index contributed by atoms with van der Waals surface area (Å²) in [7, 11) is 0. The maximum Gasteiger partial charge on any atom is 0.212 e. The molecule has 1 aromatic heterocycles. The number of carbonyl (C=O) groups is 1. The first kappa shape index (κ1) is 17.9. The number of aromatic nitrogens is 1. The maximum absolute atomic E-state index is 13.3. The van der Waals surface area contributed by atoms with Gasteiger partial charge in [-0.2, -0.15) is 0 Å². The molecule has 28 heavy (non-hydrogen) atoms. The summed E-state index contributed by atoms with van der Waals surface area (Å²) in [6.45, 7) is 4.59. The number of ether oxygens (including phenoxy) is 1. The van der Waals surface area contributed by atoms with E-state index in [1.165, 1.54) is 5.56 Å². The van der Waals surface area contributed by atoms with Crippen molar-refractivity contribution in [3.63, 3.8) is 0 Å². The number of nitrogens with zero attached hydrogens (tertiary/aromatic N) is 1. The minimum absolute atomic E-state index is 0.0932. The van der Waals surface area contributed by atoms with Gasteiger partial charge in [-0.1, -0.05) is 42.0 Å². The number of carbonyl (C=O) groups excluding carboxylic acids is 1. The fourth-order valence-corrected chi connectivity index (χ4v) is 3.31. The molecule has 3 nitrogen and oxygen atoms in total. The summed E-state index contributed by atoms with van der Waals surface area (Å²) in [5, 5.41) is 1.03. The van der Waals surface area contributed by atoms with E-state index >= 15 is 0 Å². The van der Waals surface area contributed by atoms with E-state index in [-0.39, 0.29) is 5.78 Å². The Hall–Kier alpha value is -3.46. The molecule has 138 valence electrons. The van der Waals surface area contributed by atoms with Crippen molar-refractivity contribution in [2.45, 2.75) is 13.8 Å². The Morgan fingerprint density at radius 2 is 1.68 bits per heavy atom. The monoisotopic (exact) mass is 367 g/mol. The lowest BCUT2D eigenvalue weighted by atomic mass is 9.96. The number of aryl methyl sites for hydroxylation is 1. The highest BCUT2D eigenvalue weighted by molar-refractivity contribution is 6.12. The molecule has 3 aromatic carbocycles. The van der Waals surface area contributed by atoms with Crippen LogP contribution in [-0.4, -0.2) is 17.4 Å². The molecule has 0 aliphatic carbocycles. The molecule has 0 saturated heterocycles. The third kappa shape index (κ3) is 3.52. The van der Waals surface area contributed by atoms with Crippen LogP contribution in [-0.2, 0) is 0 Å². The Kier molecular flexibility index (Phi) is 4.90. The average molecular weight is 367 g/mol. The highest BCUT2D eigenvalue weighted by atomic mass is 16.5. The Bertz CT molecular complexity index is 1130. The van der Waals surface area contributed by atoms with Gasteiger partial charge in [-0.05, 0) is 61.9 Å². The predicted molar refractivity (Wildman–Crippen MR) is 113 cm³/mol. The van der Waals surface area contributed by atoms with Gasteiger partial charge < -0.3 is 4.74 Å². The van der Waals surface area contributed by atoms with Crippen molar-refractivity contribution in [2.24, 2.45) is 0 Å². The lowest BCUT2D eigenvalue weighted by Crippen LogP contribution is -2.07. The molecule has 0 saturated carbocycles. The summed E-state index contributed by atoms with van der Waals surface area (Å²) in [5.41, 5.74) is 4.87. The summed E-state index contributed by atoms with van der Waals surface area (Å²) in [6.07, 6.45) is 0. The van der Waals surface area contributed by atoms with Crippen LogP contribution in [0.3, 0.4) is 0 Å². The van der Waals surface area contributed by atoms with Gasteiger partial charge in [-0.25, -0.2) is 4.98 Å². The second kappa shape index (κ2) is 7.65. The van der Waals surface area contributed by atoms with Gasteiger partial charge in [0.15, 0.2) is 0 Å².